The number of benzene rings is 2. The van der Waals surface area contributed by atoms with E-state index in [1.54, 1.807) is 7.11 Å². The lowest BCUT2D eigenvalue weighted by Crippen LogP contribution is -2.12. The smallest absolute Gasteiger partial charge is 0.0716 e. The fourth-order valence-corrected chi connectivity index (χ4v) is 4.42. The van der Waals surface area contributed by atoms with Crippen LogP contribution < -0.4 is 0 Å². The summed E-state index contributed by atoms with van der Waals surface area (Å²) in [4.78, 5) is 0. The fraction of sp³-hybridized carbons (Fsp3) is 0.481. The highest BCUT2D eigenvalue weighted by atomic mass is 16.5. The van der Waals surface area contributed by atoms with Crippen LogP contribution in [-0.4, -0.2) is 7.11 Å². The first-order valence-electron chi connectivity index (χ1n) is 10.9. The molecule has 0 aromatic heterocycles. The van der Waals surface area contributed by atoms with Gasteiger partial charge in [0.2, 0.25) is 0 Å². The van der Waals surface area contributed by atoms with Crippen molar-refractivity contribution in [1.82, 2.24) is 0 Å². The maximum absolute atomic E-state index is 5.56. The quantitative estimate of drug-likeness (QED) is 0.497. The first-order chi connectivity index (χ1) is 13.5. The molecule has 0 aliphatic heterocycles. The number of rotatable bonds is 6. The highest BCUT2D eigenvalue weighted by Gasteiger charge is 2.22. The van der Waals surface area contributed by atoms with E-state index in [9.17, 15) is 0 Å². The number of hydrogen-bond acceptors (Lipinski definition) is 1. The Morgan fingerprint density at radius 3 is 2.36 bits per heavy atom. The molecule has 1 fully saturated rings. The zero-order chi connectivity index (χ0) is 20.1. The van der Waals surface area contributed by atoms with Gasteiger partial charge in [0.05, 0.1) is 6.61 Å². The van der Waals surface area contributed by atoms with Crippen LogP contribution in [0.15, 0.2) is 42.0 Å². The number of ether oxygens (including phenoxy) is 1. The maximum atomic E-state index is 5.56. The maximum Gasteiger partial charge on any atom is 0.0716 e. The summed E-state index contributed by atoms with van der Waals surface area (Å²) in [7, 11) is 1.81. The Morgan fingerprint density at radius 2 is 1.71 bits per heavy atom. The predicted molar refractivity (Wildman–Crippen MR) is 122 cm³/mol. The van der Waals surface area contributed by atoms with Gasteiger partial charge in [-0.15, -0.1) is 0 Å². The SMILES string of the molecule is CC/C(C)=C/c1ccc(-c2ccc(C3CCC(C)CC3)c(COC)c2)cc1C. The Bertz CT molecular complexity index is 822. The van der Waals surface area contributed by atoms with Gasteiger partial charge in [-0.25, -0.2) is 0 Å². The average Bonchev–Trinajstić information content (AvgIpc) is 2.70. The summed E-state index contributed by atoms with van der Waals surface area (Å²) in [5.74, 6) is 1.58. The molecule has 0 bridgehead atoms. The van der Waals surface area contributed by atoms with Gasteiger partial charge in [0, 0.05) is 7.11 Å². The van der Waals surface area contributed by atoms with E-state index in [1.165, 1.54) is 64.6 Å². The van der Waals surface area contributed by atoms with Gasteiger partial charge in [-0.05, 0) is 84.4 Å². The number of methoxy groups -OCH3 is 1. The summed E-state index contributed by atoms with van der Waals surface area (Å²) in [6.45, 7) is 9.71. The Labute approximate surface area is 171 Å². The summed E-state index contributed by atoms with van der Waals surface area (Å²) in [6.07, 6.45) is 8.74. The second-order valence-corrected chi connectivity index (χ2v) is 8.72. The van der Waals surface area contributed by atoms with E-state index >= 15 is 0 Å². The summed E-state index contributed by atoms with van der Waals surface area (Å²) < 4.78 is 5.56. The zero-order valence-corrected chi connectivity index (χ0v) is 18.3. The molecular formula is C27H36O. The van der Waals surface area contributed by atoms with Crippen molar-refractivity contribution in [1.29, 1.82) is 0 Å². The van der Waals surface area contributed by atoms with Crippen molar-refractivity contribution in [3.63, 3.8) is 0 Å². The van der Waals surface area contributed by atoms with Crippen LogP contribution in [0.1, 0.15) is 81.0 Å². The Balaban J connectivity index is 1.90. The highest BCUT2D eigenvalue weighted by Crippen LogP contribution is 2.38. The van der Waals surface area contributed by atoms with E-state index < -0.39 is 0 Å². The topological polar surface area (TPSA) is 9.23 Å². The van der Waals surface area contributed by atoms with Crippen LogP contribution in [0.2, 0.25) is 0 Å². The molecule has 0 amide bonds. The van der Waals surface area contributed by atoms with E-state index in [2.05, 4.69) is 70.2 Å². The first-order valence-corrected chi connectivity index (χ1v) is 10.9. The van der Waals surface area contributed by atoms with Crippen molar-refractivity contribution in [3.8, 4) is 11.1 Å². The largest absolute Gasteiger partial charge is 0.380 e. The van der Waals surface area contributed by atoms with Crippen molar-refractivity contribution in [3.05, 3.63) is 64.2 Å². The molecule has 1 saturated carbocycles. The average molecular weight is 377 g/mol. The lowest BCUT2D eigenvalue weighted by Gasteiger charge is -2.28. The summed E-state index contributed by atoms with van der Waals surface area (Å²) in [6, 6.07) is 13.9. The normalized spacial score (nSPS) is 20.4. The minimum absolute atomic E-state index is 0.696. The van der Waals surface area contributed by atoms with E-state index in [4.69, 9.17) is 4.74 Å². The number of hydrogen-bond donors (Lipinski definition) is 0. The Kier molecular flexibility index (Phi) is 7.13. The molecule has 1 heteroatoms. The zero-order valence-electron chi connectivity index (χ0n) is 18.3. The third kappa shape index (κ3) is 4.94. The van der Waals surface area contributed by atoms with Crippen LogP contribution in [0.25, 0.3) is 17.2 Å². The second-order valence-electron chi connectivity index (χ2n) is 8.72. The summed E-state index contributed by atoms with van der Waals surface area (Å²) in [5, 5.41) is 0. The minimum Gasteiger partial charge on any atom is -0.380 e. The van der Waals surface area contributed by atoms with Crippen molar-refractivity contribution < 1.29 is 4.74 Å². The van der Waals surface area contributed by atoms with Crippen LogP contribution in [0.5, 0.6) is 0 Å². The predicted octanol–water partition coefficient (Wildman–Crippen LogP) is 7.92. The van der Waals surface area contributed by atoms with Gasteiger partial charge in [0.1, 0.15) is 0 Å². The molecule has 0 heterocycles. The van der Waals surface area contributed by atoms with Crippen LogP contribution in [0.3, 0.4) is 0 Å². The molecule has 0 N–H and O–H groups in total. The van der Waals surface area contributed by atoms with Gasteiger partial charge >= 0.3 is 0 Å². The molecule has 2 aromatic carbocycles. The molecule has 1 aliphatic rings. The molecule has 150 valence electrons. The van der Waals surface area contributed by atoms with Gasteiger partial charge in [-0.3, -0.25) is 0 Å². The molecule has 2 aromatic rings. The minimum atomic E-state index is 0.696. The van der Waals surface area contributed by atoms with Crippen molar-refractivity contribution in [2.75, 3.05) is 7.11 Å². The second kappa shape index (κ2) is 9.56. The van der Waals surface area contributed by atoms with E-state index in [0.717, 1.165) is 12.3 Å². The van der Waals surface area contributed by atoms with E-state index in [-0.39, 0.29) is 0 Å². The monoisotopic (exact) mass is 376 g/mol. The molecular weight excluding hydrogens is 340 g/mol. The standard InChI is InChI=1S/C27H36O/c1-6-19(2)15-23-11-12-24(16-21(23)4)25-13-14-27(26(17-25)18-28-5)22-9-7-20(3)8-10-22/h11-17,20,22H,6-10,18H2,1-5H3/b19-15+. The van der Waals surface area contributed by atoms with Gasteiger partial charge < -0.3 is 4.74 Å². The third-order valence-corrected chi connectivity index (χ3v) is 6.46. The van der Waals surface area contributed by atoms with Gasteiger partial charge in [0.15, 0.2) is 0 Å². The molecule has 28 heavy (non-hydrogen) atoms. The molecule has 0 saturated heterocycles. The number of allylic oxidation sites excluding steroid dienone is 1. The first kappa shape index (κ1) is 20.9. The van der Waals surface area contributed by atoms with Gasteiger partial charge in [0.25, 0.3) is 0 Å². The van der Waals surface area contributed by atoms with Crippen LogP contribution in [0, 0.1) is 12.8 Å². The van der Waals surface area contributed by atoms with Crippen LogP contribution >= 0.6 is 0 Å². The summed E-state index contributed by atoms with van der Waals surface area (Å²) in [5.41, 5.74) is 9.55. The number of aryl methyl sites for hydroxylation is 1. The lowest BCUT2D eigenvalue weighted by atomic mass is 9.78. The fourth-order valence-electron chi connectivity index (χ4n) is 4.42. The summed E-state index contributed by atoms with van der Waals surface area (Å²) >= 11 is 0. The van der Waals surface area contributed by atoms with Gasteiger partial charge in [-0.2, -0.15) is 0 Å². The van der Waals surface area contributed by atoms with Crippen molar-refractivity contribution in [2.24, 2.45) is 5.92 Å². The van der Waals surface area contributed by atoms with E-state index in [0.29, 0.717) is 12.5 Å². The molecule has 0 atom stereocenters. The molecule has 0 unspecified atom stereocenters. The highest BCUT2D eigenvalue weighted by molar-refractivity contribution is 5.69. The molecule has 0 spiro atoms. The molecule has 1 nitrogen and oxygen atoms in total. The molecule has 1 aliphatic carbocycles. The van der Waals surface area contributed by atoms with Crippen LogP contribution in [-0.2, 0) is 11.3 Å². The lowest BCUT2D eigenvalue weighted by molar-refractivity contribution is 0.183. The van der Waals surface area contributed by atoms with Gasteiger partial charge in [-0.1, -0.05) is 68.7 Å². The molecule has 3 rings (SSSR count). The molecule has 0 radical (unpaired) electrons. The van der Waals surface area contributed by atoms with Crippen molar-refractivity contribution >= 4 is 6.08 Å². The van der Waals surface area contributed by atoms with Crippen LogP contribution in [0.4, 0.5) is 0 Å². The third-order valence-electron chi connectivity index (χ3n) is 6.46. The van der Waals surface area contributed by atoms with E-state index in [1.807, 2.05) is 0 Å². The van der Waals surface area contributed by atoms with Crippen molar-refractivity contribution in [2.45, 2.75) is 72.3 Å². The Hall–Kier alpha value is -1.86. The Morgan fingerprint density at radius 1 is 1.04 bits per heavy atom.